The minimum atomic E-state index is -0.341. The molecule has 134 valence electrons. The normalized spacial score (nSPS) is 13.2. The van der Waals surface area contributed by atoms with Gasteiger partial charge in [0.15, 0.2) is 5.78 Å². The molecule has 0 aliphatic heterocycles. The van der Waals surface area contributed by atoms with E-state index < -0.39 is 0 Å². The van der Waals surface area contributed by atoms with Crippen molar-refractivity contribution in [1.82, 2.24) is 10.2 Å². The van der Waals surface area contributed by atoms with Crippen LogP contribution < -0.4 is 5.32 Å². The molecule has 5 nitrogen and oxygen atoms in total. The summed E-state index contributed by atoms with van der Waals surface area (Å²) in [6, 6.07) is 14.2. The van der Waals surface area contributed by atoms with Gasteiger partial charge < -0.3 is 10.2 Å². The summed E-state index contributed by atoms with van der Waals surface area (Å²) in [5.74, 6) is -0.720. The van der Waals surface area contributed by atoms with Crippen LogP contribution in [0.5, 0.6) is 0 Å². The Hall–Kier alpha value is -2.95. The van der Waals surface area contributed by atoms with Gasteiger partial charge in [-0.3, -0.25) is 14.4 Å². The Bertz CT molecular complexity index is 839. The molecule has 1 saturated carbocycles. The maximum atomic E-state index is 12.8. The lowest BCUT2D eigenvalue weighted by atomic mass is 9.97. The second-order valence-corrected chi connectivity index (χ2v) is 6.74. The van der Waals surface area contributed by atoms with Gasteiger partial charge in [-0.05, 0) is 25.8 Å². The fourth-order valence-electron chi connectivity index (χ4n) is 2.72. The summed E-state index contributed by atoms with van der Waals surface area (Å²) in [6.07, 6.45) is 1.99. The minimum absolute atomic E-state index is 0.0254. The molecular formula is C21H22N2O3. The van der Waals surface area contributed by atoms with Crippen LogP contribution in [-0.4, -0.2) is 42.1 Å². The van der Waals surface area contributed by atoms with E-state index in [1.165, 1.54) is 4.90 Å². The third-order valence-corrected chi connectivity index (χ3v) is 4.39. The molecule has 0 atom stereocenters. The average molecular weight is 350 g/mol. The number of carbonyl (C=O) groups excluding carboxylic acids is 3. The highest BCUT2D eigenvalue weighted by Crippen LogP contribution is 2.19. The van der Waals surface area contributed by atoms with E-state index in [4.69, 9.17) is 0 Å². The zero-order valence-electron chi connectivity index (χ0n) is 15.0. The van der Waals surface area contributed by atoms with Crippen LogP contribution in [0.4, 0.5) is 0 Å². The molecule has 1 aliphatic rings. The SMILES string of the molecule is Cc1ccc(C(=O)c2ccccc2C(=O)N(C)CC(=O)NC2CC2)cc1. The quantitative estimate of drug-likeness (QED) is 0.814. The Morgan fingerprint density at radius 3 is 2.23 bits per heavy atom. The summed E-state index contributed by atoms with van der Waals surface area (Å²) < 4.78 is 0. The number of carbonyl (C=O) groups is 3. The van der Waals surface area contributed by atoms with Gasteiger partial charge in [-0.15, -0.1) is 0 Å². The van der Waals surface area contributed by atoms with Crippen LogP contribution in [0.3, 0.4) is 0 Å². The van der Waals surface area contributed by atoms with Crippen molar-refractivity contribution in [2.24, 2.45) is 0 Å². The van der Waals surface area contributed by atoms with Gasteiger partial charge in [0.25, 0.3) is 5.91 Å². The molecule has 0 radical (unpaired) electrons. The van der Waals surface area contributed by atoms with Crippen LogP contribution >= 0.6 is 0 Å². The van der Waals surface area contributed by atoms with E-state index in [1.54, 1.807) is 43.4 Å². The van der Waals surface area contributed by atoms with Crippen LogP contribution in [0.15, 0.2) is 48.5 Å². The third-order valence-electron chi connectivity index (χ3n) is 4.39. The lowest BCUT2D eigenvalue weighted by Gasteiger charge is -2.18. The predicted molar refractivity (Wildman–Crippen MR) is 99.2 cm³/mol. The van der Waals surface area contributed by atoms with Crippen molar-refractivity contribution in [3.8, 4) is 0 Å². The molecule has 0 unspecified atom stereocenters. The van der Waals surface area contributed by atoms with Gasteiger partial charge in [-0.25, -0.2) is 0 Å². The first kappa shape index (κ1) is 17.9. The van der Waals surface area contributed by atoms with Crippen LogP contribution in [0, 0.1) is 6.92 Å². The number of nitrogens with zero attached hydrogens (tertiary/aromatic N) is 1. The van der Waals surface area contributed by atoms with E-state index in [1.807, 2.05) is 19.1 Å². The van der Waals surface area contributed by atoms with E-state index in [2.05, 4.69) is 5.32 Å². The molecular weight excluding hydrogens is 328 g/mol. The highest BCUT2D eigenvalue weighted by molar-refractivity contribution is 6.15. The van der Waals surface area contributed by atoms with Gasteiger partial charge >= 0.3 is 0 Å². The van der Waals surface area contributed by atoms with Gasteiger partial charge in [0.2, 0.25) is 5.91 Å². The first-order valence-electron chi connectivity index (χ1n) is 8.71. The minimum Gasteiger partial charge on any atom is -0.352 e. The van der Waals surface area contributed by atoms with Crippen molar-refractivity contribution in [2.45, 2.75) is 25.8 Å². The molecule has 5 heteroatoms. The summed E-state index contributed by atoms with van der Waals surface area (Å²) in [7, 11) is 1.57. The van der Waals surface area contributed by atoms with E-state index in [9.17, 15) is 14.4 Å². The van der Waals surface area contributed by atoms with Crippen molar-refractivity contribution in [3.63, 3.8) is 0 Å². The average Bonchev–Trinajstić information content (AvgIpc) is 3.45. The van der Waals surface area contributed by atoms with E-state index in [-0.39, 0.29) is 30.2 Å². The number of amides is 2. The number of hydrogen-bond acceptors (Lipinski definition) is 3. The summed E-state index contributed by atoms with van der Waals surface area (Å²) in [6.45, 7) is 1.93. The summed E-state index contributed by atoms with van der Waals surface area (Å²) in [4.78, 5) is 38.9. The summed E-state index contributed by atoms with van der Waals surface area (Å²) in [5, 5.41) is 2.86. The Morgan fingerprint density at radius 2 is 1.62 bits per heavy atom. The van der Waals surface area contributed by atoms with E-state index >= 15 is 0 Å². The number of aryl methyl sites for hydroxylation is 1. The molecule has 3 rings (SSSR count). The molecule has 2 amide bonds. The Kier molecular flexibility index (Phi) is 5.16. The van der Waals surface area contributed by atoms with Crippen molar-refractivity contribution < 1.29 is 14.4 Å². The molecule has 1 fully saturated rings. The zero-order valence-corrected chi connectivity index (χ0v) is 15.0. The fourth-order valence-corrected chi connectivity index (χ4v) is 2.72. The van der Waals surface area contributed by atoms with Crippen LogP contribution in [0.2, 0.25) is 0 Å². The fraction of sp³-hybridized carbons (Fsp3) is 0.286. The lowest BCUT2D eigenvalue weighted by Crippen LogP contribution is -2.39. The van der Waals surface area contributed by atoms with Gasteiger partial charge in [-0.2, -0.15) is 0 Å². The smallest absolute Gasteiger partial charge is 0.254 e. The number of ketones is 1. The number of nitrogens with one attached hydrogen (secondary N) is 1. The topological polar surface area (TPSA) is 66.5 Å². The Balaban J connectivity index is 1.79. The molecule has 0 bridgehead atoms. The monoisotopic (exact) mass is 350 g/mol. The first-order chi connectivity index (χ1) is 12.5. The molecule has 0 spiro atoms. The third kappa shape index (κ3) is 4.17. The number of hydrogen-bond donors (Lipinski definition) is 1. The second-order valence-electron chi connectivity index (χ2n) is 6.74. The molecule has 0 aromatic heterocycles. The van der Waals surface area contributed by atoms with Gasteiger partial charge in [0.05, 0.1) is 12.1 Å². The van der Waals surface area contributed by atoms with E-state index in [0.29, 0.717) is 16.7 Å². The van der Waals surface area contributed by atoms with Crippen LogP contribution in [0.1, 0.15) is 44.7 Å². The standard InChI is InChI=1S/C21H22N2O3/c1-14-7-9-15(10-8-14)20(25)17-5-3-4-6-18(17)21(26)23(2)13-19(24)22-16-11-12-16/h3-10,16H,11-13H2,1-2H3,(H,22,24). The Morgan fingerprint density at radius 1 is 1.00 bits per heavy atom. The van der Waals surface area contributed by atoms with Gasteiger partial charge in [0.1, 0.15) is 0 Å². The Labute approximate surface area is 153 Å². The molecule has 26 heavy (non-hydrogen) atoms. The molecule has 2 aromatic rings. The lowest BCUT2D eigenvalue weighted by molar-refractivity contribution is -0.121. The largest absolute Gasteiger partial charge is 0.352 e. The maximum Gasteiger partial charge on any atom is 0.254 e. The highest BCUT2D eigenvalue weighted by atomic mass is 16.2. The first-order valence-corrected chi connectivity index (χ1v) is 8.71. The van der Waals surface area contributed by atoms with Crippen molar-refractivity contribution >= 4 is 17.6 Å². The molecule has 2 aromatic carbocycles. The van der Waals surface area contributed by atoms with Gasteiger partial charge in [0, 0.05) is 24.2 Å². The van der Waals surface area contributed by atoms with Crippen molar-refractivity contribution in [2.75, 3.05) is 13.6 Å². The number of likely N-dealkylation sites (N-methyl/N-ethyl adjacent to an activating group) is 1. The van der Waals surface area contributed by atoms with Crippen LogP contribution in [0.25, 0.3) is 0 Å². The molecule has 1 aliphatic carbocycles. The van der Waals surface area contributed by atoms with Gasteiger partial charge in [-0.1, -0.05) is 48.0 Å². The summed E-state index contributed by atoms with van der Waals surface area (Å²) in [5.41, 5.74) is 2.24. The molecule has 0 saturated heterocycles. The summed E-state index contributed by atoms with van der Waals surface area (Å²) >= 11 is 0. The molecule has 0 heterocycles. The van der Waals surface area contributed by atoms with Crippen molar-refractivity contribution in [3.05, 3.63) is 70.8 Å². The maximum absolute atomic E-state index is 12.8. The molecule has 1 N–H and O–H groups in total. The number of rotatable bonds is 6. The highest BCUT2D eigenvalue weighted by Gasteiger charge is 2.25. The zero-order chi connectivity index (χ0) is 18.7. The van der Waals surface area contributed by atoms with Crippen LogP contribution in [-0.2, 0) is 4.79 Å². The van der Waals surface area contributed by atoms with E-state index in [0.717, 1.165) is 18.4 Å². The van der Waals surface area contributed by atoms with Crippen molar-refractivity contribution in [1.29, 1.82) is 0 Å². The second kappa shape index (κ2) is 7.52. The predicted octanol–water partition coefficient (Wildman–Crippen LogP) is 2.58. The number of benzene rings is 2.